The summed E-state index contributed by atoms with van der Waals surface area (Å²) in [5.41, 5.74) is 2.77. The summed E-state index contributed by atoms with van der Waals surface area (Å²) >= 11 is 1.63. The Morgan fingerprint density at radius 3 is 2.75 bits per heavy atom. The largest absolute Gasteiger partial charge is 0.496 e. The highest BCUT2D eigenvalue weighted by atomic mass is 32.1. The third-order valence-electron chi connectivity index (χ3n) is 3.74. The minimum absolute atomic E-state index is 0.0200. The van der Waals surface area contributed by atoms with Gasteiger partial charge >= 0.3 is 0 Å². The molecule has 0 bridgehead atoms. The highest BCUT2D eigenvalue weighted by Gasteiger charge is 2.16. The molecule has 1 atom stereocenters. The fraction of sp³-hybridized carbons (Fsp3) is 0.158. The lowest BCUT2D eigenvalue weighted by atomic mass is 10.1. The van der Waals surface area contributed by atoms with Crippen molar-refractivity contribution in [2.75, 3.05) is 7.11 Å². The molecular weight excluding hydrogens is 318 g/mol. The Labute approximate surface area is 145 Å². The lowest BCUT2D eigenvalue weighted by Gasteiger charge is -2.18. The first-order chi connectivity index (χ1) is 11.8. The van der Waals surface area contributed by atoms with E-state index in [2.05, 4.69) is 28.5 Å². The molecule has 1 N–H and O–H groups in total. The van der Waals surface area contributed by atoms with Crippen molar-refractivity contribution in [3.63, 3.8) is 0 Å². The summed E-state index contributed by atoms with van der Waals surface area (Å²) in [6.45, 7) is 0.619. The van der Waals surface area contributed by atoms with Gasteiger partial charge in [-0.15, -0.1) is 11.3 Å². The highest BCUT2D eigenvalue weighted by molar-refractivity contribution is 7.09. The Hall–Kier alpha value is -2.68. The summed E-state index contributed by atoms with van der Waals surface area (Å²) in [7, 11) is 1.62. The van der Waals surface area contributed by atoms with Gasteiger partial charge in [-0.1, -0.05) is 36.4 Å². The number of nitrogens with one attached hydrogen (secondary N) is 1. The first kappa shape index (κ1) is 16.2. The molecule has 0 fully saturated rings. The quantitative estimate of drug-likeness (QED) is 0.742. The number of nitriles is 1. The topological polar surface area (TPSA) is 57.9 Å². The maximum absolute atomic E-state index is 9.01. The van der Waals surface area contributed by atoms with Crippen molar-refractivity contribution in [1.29, 1.82) is 5.26 Å². The summed E-state index contributed by atoms with van der Waals surface area (Å²) in [4.78, 5) is 4.46. The molecule has 24 heavy (non-hydrogen) atoms. The van der Waals surface area contributed by atoms with Gasteiger partial charge in [-0.05, 0) is 17.7 Å². The van der Waals surface area contributed by atoms with E-state index in [1.807, 2.05) is 35.8 Å². The molecule has 0 spiro atoms. The zero-order chi connectivity index (χ0) is 16.8. The summed E-state index contributed by atoms with van der Waals surface area (Å²) in [5, 5.41) is 15.6. The van der Waals surface area contributed by atoms with E-state index in [4.69, 9.17) is 10.00 Å². The number of hydrogen-bond acceptors (Lipinski definition) is 5. The lowest BCUT2D eigenvalue weighted by molar-refractivity contribution is 0.406. The minimum atomic E-state index is 0.0200. The first-order valence-electron chi connectivity index (χ1n) is 7.56. The minimum Gasteiger partial charge on any atom is -0.496 e. The maximum Gasteiger partial charge on any atom is 0.124 e. The number of rotatable bonds is 6. The first-order valence-corrected chi connectivity index (χ1v) is 8.44. The van der Waals surface area contributed by atoms with Crippen LogP contribution in [0.4, 0.5) is 0 Å². The molecule has 0 aliphatic rings. The van der Waals surface area contributed by atoms with E-state index in [1.165, 1.54) is 5.56 Å². The normalized spacial score (nSPS) is 11.7. The fourth-order valence-electron chi connectivity index (χ4n) is 2.54. The van der Waals surface area contributed by atoms with Gasteiger partial charge in [0.25, 0.3) is 0 Å². The van der Waals surface area contributed by atoms with Crippen LogP contribution in [0.1, 0.15) is 27.7 Å². The lowest BCUT2D eigenvalue weighted by Crippen LogP contribution is -2.22. The Morgan fingerprint density at radius 1 is 1.25 bits per heavy atom. The van der Waals surface area contributed by atoms with Crippen LogP contribution in [-0.4, -0.2) is 12.1 Å². The number of nitrogens with zero attached hydrogens (tertiary/aromatic N) is 2. The van der Waals surface area contributed by atoms with Crippen molar-refractivity contribution in [2.24, 2.45) is 0 Å². The molecule has 3 rings (SSSR count). The van der Waals surface area contributed by atoms with Crippen molar-refractivity contribution in [1.82, 2.24) is 10.3 Å². The van der Waals surface area contributed by atoms with Gasteiger partial charge in [0, 0.05) is 23.7 Å². The van der Waals surface area contributed by atoms with E-state index in [1.54, 1.807) is 30.6 Å². The van der Waals surface area contributed by atoms with E-state index in [0.717, 1.165) is 10.6 Å². The third kappa shape index (κ3) is 3.62. The summed E-state index contributed by atoms with van der Waals surface area (Å²) in [6, 6.07) is 17.9. The number of benzene rings is 2. The Balaban J connectivity index is 1.84. The predicted molar refractivity (Wildman–Crippen MR) is 94.9 cm³/mol. The second-order valence-corrected chi connectivity index (χ2v) is 6.16. The number of aromatic nitrogens is 1. The van der Waals surface area contributed by atoms with Gasteiger partial charge < -0.3 is 10.1 Å². The zero-order valence-electron chi connectivity index (χ0n) is 13.3. The van der Waals surface area contributed by atoms with Crippen LogP contribution in [0.3, 0.4) is 0 Å². The molecule has 4 nitrogen and oxygen atoms in total. The van der Waals surface area contributed by atoms with Crippen LogP contribution in [-0.2, 0) is 6.54 Å². The van der Waals surface area contributed by atoms with E-state index in [0.29, 0.717) is 17.9 Å². The number of ether oxygens (including phenoxy) is 1. The molecule has 1 heterocycles. The van der Waals surface area contributed by atoms with E-state index < -0.39 is 0 Å². The molecule has 0 amide bonds. The van der Waals surface area contributed by atoms with Crippen molar-refractivity contribution in [3.8, 4) is 11.8 Å². The number of thiazole rings is 1. The van der Waals surface area contributed by atoms with Crippen LogP contribution in [0, 0.1) is 11.3 Å². The molecule has 0 radical (unpaired) electrons. The van der Waals surface area contributed by atoms with Gasteiger partial charge in [0.15, 0.2) is 0 Å². The smallest absolute Gasteiger partial charge is 0.124 e. The fourth-order valence-corrected chi connectivity index (χ4v) is 3.28. The monoisotopic (exact) mass is 335 g/mol. The molecule has 0 aliphatic carbocycles. The van der Waals surface area contributed by atoms with Crippen molar-refractivity contribution in [2.45, 2.75) is 12.6 Å². The molecule has 0 unspecified atom stereocenters. The van der Waals surface area contributed by atoms with Crippen molar-refractivity contribution >= 4 is 11.3 Å². The standard InChI is InChI=1S/C19H17N3OS/c1-23-17-11-14(12-20)7-8-16(17)13-22-18(19-21-9-10-24-19)15-5-3-2-4-6-15/h2-11,18,22H,13H2,1H3/t18-/m0/s1. The molecule has 0 saturated carbocycles. The SMILES string of the molecule is COc1cc(C#N)ccc1CN[C@@H](c1ccccc1)c1nccs1. The Kier molecular flexibility index (Phi) is 5.22. The number of methoxy groups -OCH3 is 1. The van der Waals surface area contributed by atoms with Crippen LogP contribution in [0.2, 0.25) is 0 Å². The molecular formula is C19H17N3OS. The van der Waals surface area contributed by atoms with E-state index in [-0.39, 0.29) is 6.04 Å². The van der Waals surface area contributed by atoms with Gasteiger partial charge in [-0.2, -0.15) is 5.26 Å². The van der Waals surface area contributed by atoms with Crippen LogP contribution in [0.5, 0.6) is 5.75 Å². The summed E-state index contributed by atoms with van der Waals surface area (Å²) in [6.07, 6.45) is 1.82. The second-order valence-electron chi connectivity index (χ2n) is 5.23. The predicted octanol–water partition coefficient (Wildman–Crippen LogP) is 3.90. The maximum atomic E-state index is 9.01. The van der Waals surface area contributed by atoms with E-state index >= 15 is 0 Å². The van der Waals surface area contributed by atoms with Crippen LogP contribution >= 0.6 is 11.3 Å². The Bertz CT molecular complexity index is 826. The second kappa shape index (κ2) is 7.73. The van der Waals surface area contributed by atoms with Crippen LogP contribution in [0.15, 0.2) is 60.1 Å². The molecule has 5 heteroatoms. The van der Waals surface area contributed by atoms with Gasteiger partial charge in [0.05, 0.1) is 24.8 Å². The van der Waals surface area contributed by atoms with Gasteiger partial charge in [-0.25, -0.2) is 4.98 Å². The molecule has 1 aromatic heterocycles. The van der Waals surface area contributed by atoms with Crippen LogP contribution in [0.25, 0.3) is 0 Å². The molecule has 3 aromatic rings. The highest BCUT2D eigenvalue weighted by Crippen LogP contribution is 2.26. The van der Waals surface area contributed by atoms with Crippen LogP contribution < -0.4 is 10.1 Å². The third-order valence-corrected chi connectivity index (χ3v) is 4.58. The summed E-state index contributed by atoms with van der Waals surface area (Å²) < 4.78 is 5.41. The average molecular weight is 335 g/mol. The van der Waals surface area contributed by atoms with Crippen molar-refractivity contribution in [3.05, 3.63) is 81.8 Å². The number of hydrogen-bond donors (Lipinski definition) is 1. The Morgan fingerprint density at radius 2 is 2.08 bits per heavy atom. The molecule has 2 aromatic carbocycles. The van der Waals surface area contributed by atoms with Crippen molar-refractivity contribution < 1.29 is 4.74 Å². The van der Waals surface area contributed by atoms with Gasteiger partial charge in [0.1, 0.15) is 10.8 Å². The van der Waals surface area contributed by atoms with Gasteiger partial charge in [-0.3, -0.25) is 0 Å². The zero-order valence-corrected chi connectivity index (χ0v) is 14.1. The molecule has 0 saturated heterocycles. The van der Waals surface area contributed by atoms with Gasteiger partial charge in [0.2, 0.25) is 0 Å². The van der Waals surface area contributed by atoms with E-state index in [9.17, 15) is 0 Å². The average Bonchev–Trinajstić information content (AvgIpc) is 3.17. The molecule has 0 aliphatic heterocycles. The molecule has 120 valence electrons. The summed E-state index contributed by atoms with van der Waals surface area (Å²) in [5.74, 6) is 0.715.